The van der Waals surface area contributed by atoms with Gasteiger partial charge in [-0.1, -0.05) is 11.2 Å². The number of aromatic nitrogens is 3. The normalized spacial score (nSPS) is 16.4. The molecule has 0 bridgehead atoms. The Balaban J connectivity index is 1.78. The summed E-state index contributed by atoms with van der Waals surface area (Å²) in [5, 5.41) is 4.04. The van der Waals surface area contributed by atoms with Crippen LogP contribution < -0.4 is 0 Å². The Morgan fingerprint density at radius 3 is 2.70 bits per heavy atom. The standard InChI is InChI=1S/C15H19N3O2/c1-10-4-5-12(16-11(10)2)14-17-13(20-18-14)8-15(6-7-15)9-19-3/h4-5H,6-9H2,1-3H3. The zero-order chi connectivity index (χ0) is 14.2. The van der Waals surface area contributed by atoms with Crippen LogP contribution in [-0.4, -0.2) is 28.8 Å². The van der Waals surface area contributed by atoms with Crippen molar-refractivity contribution in [2.45, 2.75) is 33.1 Å². The minimum Gasteiger partial charge on any atom is -0.384 e. The highest BCUT2D eigenvalue weighted by atomic mass is 16.5. The zero-order valence-corrected chi connectivity index (χ0v) is 12.1. The Morgan fingerprint density at radius 2 is 2.05 bits per heavy atom. The lowest BCUT2D eigenvalue weighted by Gasteiger charge is -2.09. The molecular formula is C15H19N3O2. The minimum atomic E-state index is 0.217. The van der Waals surface area contributed by atoms with Gasteiger partial charge in [-0.15, -0.1) is 0 Å². The lowest BCUT2D eigenvalue weighted by molar-refractivity contribution is 0.135. The van der Waals surface area contributed by atoms with Gasteiger partial charge in [0.2, 0.25) is 11.7 Å². The van der Waals surface area contributed by atoms with E-state index in [2.05, 4.69) is 15.1 Å². The molecule has 0 aromatic carbocycles. The first kappa shape index (κ1) is 13.2. The molecule has 0 saturated heterocycles. The molecule has 0 atom stereocenters. The molecule has 0 spiro atoms. The average molecular weight is 273 g/mol. The van der Waals surface area contributed by atoms with Gasteiger partial charge in [0.1, 0.15) is 5.69 Å². The molecule has 1 saturated carbocycles. The van der Waals surface area contributed by atoms with E-state index in [9.17, 15) is 0 Å². The fourth-order valence-electron chi connectivity index (χ4n) is 2.36. The summed E-state index contributed by atoms with van der Waals surface area (Å²) >= 11 is 0. The maximum Gasteiger partial charge on any atom is 0.227 e. The quantitative estimate of drug-likeness (QED) is 0.838. The Bertz CT molecular complexity index is 617. The third kappa shape index (κ3) is 2.58. The summed E-state index contributed by atoms with van der Waals surface area (Å²) in [6.45, 7) is 4.78. The summed E-state index contributed by atoms with van der Waals surface area (Å²) in [5.74, 6) is 1.24. The summed E-state index contributed by atoms with van der Waals surface area (Å²) < 4.78 is 10.6. The van der Waals surface area contributed by atoms with Gasteiger partial charge in [-0.05, 0) is 38.3 Å². The van der Waals surface area contributed by atoms with E-state index in [1.807, 2.05) is 26.0 Å². The highest BCUT2D eigenvalue weighted by molar-refractivity contribution is 5.49. The number of hydrogen-bond acceptors (Lipinski definition) is 5. The van der Waals surface area contributed by atoms with Crippen molar-refractivity contribution < 1.29 is 9.26 Å². The number of hydrogen-bond donors (Lipinski definition) is 0. The molecule has 1 fully saturated rings. The van der Waals surface area contributed by atoms with E-state index in [1.165, 1.54) is 12.8 Å². The van der Waals surface area contributed by atoms with Crippen molar-refractivity contribution in [2.75, 3.05) is 13.7 Å². The fourth-order valence-corrected chi connectivity index (χ4v) is 2.36. The highest BCUT2D eigenvalue weighted by Crippen LogP contribution is 2.48. The van der Waals surface area contributed by atoms with E-state index >= 15 is 0 Å². The summed E-state index contributed by atoms with van der Waals surface area (Å²) in [7, 11) is 1.73. The minimum absolute atomic E-state index is 0.217. The first-order valence-corrected chi connectivity index (χ1v) is 6.88. The van der Waals surface area contributed by atoms with Crippen molar-refractivity contribution in [3.05, 3.63) is 29.3 Å². The van der Waals surface area contributed by atoms with Crippen molar-refractivity contribution in [1.82, 2.24) is 15.1 Å². The molecule has 1 aliphatic rings. The molecule has 0 unspecified atom stereocenters. The smallest absolute Gasteiger partial charge is 0.227 e. The molecule has 0 amide bonds. The van der Waals surface area contributed by atoms with Crippen LogP contribution in [0.15, 0.2) is 16.7 Å². The summed E-state index contributed by atoms with van der Waals surface area (Å²) in [6.07, 6.45) is 3.12. The molecule has 2 heterocycles. The first-order chi connectivity index (χ1) is 9.62. The Labute approximate surface area is 118 Å². The third-order valence-electron chi connectivity index (χ3n) is 3.98. The monoisotopic (exact) mass is 273 g/mol. The van der Waals surface area contributed by atoms with E-state index in [1.54, 1.807) is 7.11 Å². The van der Waals surface area contributed by atoms with Gasteiger partial charge in [-0.3, -0.25) is 0 Å². The summed E-state index contributed by atoms with van der Waals surface area (Å²) in [4.78, 5) is 8.96. The number of pyridine rings is 1. The summed E-state index contributed by atoms with van der Waals surface area (Å²) in [6, 6.07) is 3.96. The van der Waals surface area contributed by atoms with Crippen LogP contribution in [0, 0.1) is 19.3 Å². The van der Waals surface area contributed by atoms with Crippen LogP contribution in [0.25, 0.3) is 11.5 Å². The van der Waals surface area contributed by atoms with Crippen molar-refractivity contribution in [2.24, 2.45) is 5.41 Å². The fraction of sp³-hybridized carbons (Fsp3) is 0.533. The van der Waals surface area contributed by atoms with Crippen LogP contribution in [0.4, 0.5) is 0 Å². The number of ether oxygens (including phenoxy) is 1. The molecule has 0 N–H and O–H groups in total. The topological polar surface area (TPSA) is 61.0 Å². The maximum atomic E-state index is 5.35. The second-order valence-electron chi connectivity index (χ2n) is 5.72. The number of nitrogens with zero attached hydrogens (tertiary/aromatic N) is 3. The molecule has 0 radical (unpaired) electrons. The van der Waals surface area contributed by atoms with E-state index in [0.717, 1.165) is 30.0 Å². The second-order valence-corrected chi connectivity index (χ2v) is 5.72. The van der Waals surface area contributed by atoms with Crippen LogP contribution in [0.2, 0.25) is 0 Å². The first-order valence-electron chi connectivity index (χ1n) is 6.88. The van der Waals surface area contributed by atoms with Crippen LogP contribution in [0.1, 0.15) is 30.0 Å². The van der Waals surface area contributed by atoms with Crippen molar-refractivity contribution in [1.29, 1.82) is 0 Å². The van der Waals surface area contributed by atoms with Crippen molar-refractivity contribution in [3.8, 4) is 11.5 Å². The number of aryl methyl sites for hydroxylation is 2. The Hall–Kier alpha value is -1.75. The third-order valence-corrected chi connectivity index (χ3v) is 3.98. The van der Waals surface area contributed by atoms with Crippen molar-refractivity contribution >= 4 is 0 Å². The van der Waals surface area contributed by atoms with Gasteiger partial charge in [0.05, 0.1) is 6.61 Å². The lowest BCUT2D eigenvalue weighted by atomic mass is 10.0. The van der Waals surface area contributed by atoms with Crippen LogP contribution in [0.5, 0.6) is 0 Å². The largest absolute Gasteiger partial charge is 0.384 e. The van der Waals surface area contributed by atoms with Gasteiger partial charge in [0, 0.05) is 24.6 Å². The SMILES string of the molecule is COCC1(Cc2nc(-c3ccc(C)c(C)n3)no2)CC1. The van der Waals surface area contributed by atoms with Crippen molar-refractivity contribution in [3.63, 3.8) is 0 Å². The van der Waals surface area contributed by atoms with Gasteiger partial charge in [0.25, 0.3) is 0 Å². The lowest BCUT2D eigenvalue weighted by Crippen LogP contribution is -2.12. The van der Waals surface area contributed by atoms with E-state index < -0.39 is 0 Å². The molecule has 5 nitrogen and oxygen atoms in total. The molecule has 1 aliphatic carbocycles. The number of rotatable bonds is 5. The number of methoxy groups -OCH3 is 1. The van der Waals surface area contributed by atoms with Gasteiger partial charge >= 0.3 is 0 Å². The molecule has 3 rings (SSSR count). The molecule has 106 valence electrons. The van der Waals surface area contributed by atoms with Crippen LogP contribution >= 0.6 is 0 Å². The average Bonchev–Trinajstić information content (AvgIpc) is 3.00. The van der Waals surface area contributed by atoms with Gasteiger partial charge < -0.3 is 9.26 Å². The molecule has 0 aliphatic heterocycles. The van der Waals surface area contributed by atoms with Gasteiger partial charge in [-0.25, -0.2) is 4.98 Å². The van der Waals surface area contributed by atoms with Crippen LogP contribution in [0.3, 0.4) is 0 Å². The summed E-state index contributed by atoms with van der Waals surface area (Å²) in [5.41, 5.74) is 3.14. The van der Waals surface area contributed by atoms with Crippen LogP contribution in [-0.2, 0) is 11.2 Å². The molecule has 5 heteroatoms. The van der Waals surface area contributed by atoms with Gasteiger partial charge in [0.15, 0.2) is 0 Å². The highest BCUT2D eigenvalue weighted by Gasteiger charge is 2.44. The molecule has 20 heavy (non-hydrogen) atoms. The molecule has 2 aromatic heterocycles. The maximum absolute atomic E-state index is 5.35. The van der Waals surface area contributed by atoms with E-state index in [-0.39, 0.29) is 5.41 Å². The zero-order valence-electron chi connectivity index (χ0n) is 12.1. The van der Waals surface area contributed by atoms with E-state index in [0.29, 0.717) is 11.7 Å². The predicted molar refractivity (Wildman–Crippen MR) is 74.3 cm³/mol. The second kappa shape index (κ2) is 4.98. The van der Waals surface area contributed by atoms with Gasteiger partial charge in [-0.2, -0.15) is 4.98 Å². The predicted octanol–water partition coefficient (Wildman–Crippen LogP) is 2.72. The Kier molecular flexibility index (Phi) is 3.30. The molecular weight excluding hydrogens is 254 g/mol. The Morgan fingerprint density at radius 1 is 1.25 bits per heavy atom. The molecule has 2 aromatic rings. The van der Waals surface area contributed by atoms with E-state index in [4.69, 9.17) is 9.26 Å².